The average molecular weight is 280 g/mol. The van der Waals surface area contributed by atoms with Crippen LogP contribution in [0.3, 0.4) is 0 Å². The topological polar surface area (TPSA) is 76.2 Å². The number of nitrogens with zero attached hydrogens (tertiary/aromatic N) is 1. The van der Waals surface area contributed by atoms with Gasteiger partial charge in [0.1, 0.15) is 0 Å². The lowest BCUT2D eigenvalue weighted by Crippen LogP contribution is -2.16. The molecule has 4 nitrogen and oxygen atoms in total. The van der Waals surface area contributed by atoms with Crippen LogP contribution in [0.1, 0.15) is 18.2 Å². The second-order valence-corrected chi connectivity index (χ2v) is 4.05. The summed E-state index contributed by atoms with van der Waals surface area (Å²) < 4.78 is 0.730. The maximum atomic E-state index is 10.4. The highest BCUT2D eigenvalue weighted by atomic mass is 79.9. The molecule has 0 aliphatic carbocycles. The van der Waals surface area contributed by atoms with E-state index in [1.807, 2.05) is 0 Å². The van der Waals surface area contributed by atoms with E-state index in [-0.39, 0.29) is 6.42 Å². The molecule has 1 atom stereocenters. The molecule has 0 saturated carbocycles. The van der Waals surface area contributed by atoms with Gasteiger partial charge >= 0.3 is 5.97 Å². The Balaban J connectivity index is 2.90. The molecule has 0 aliphatic heterocycles. The third kappa shape index (κ3) is 2.94. The second kappa shape index (κ2) is 4.72. The quantitative estimate of drug-likeness (QED) is 0.887. The van der Waals surface area contributed by atoms with Gasteiger partial charge in [0.15, 0.2) is 0 Å². The van der Waals surface area contributed by atoms with E-state index < -0.39 is 12.0 Å². The molecule has 0 spiro atoms. The highest BCUT2D eigenvalue weighted by molar-refractivity contribution is 9.10. The molecular weight excluding hydrogens is 271 g/mol. The van der Waals surface area contributed by atoms with Crippen molar-refractivity contribution in [3.63, 3.8) is 0 Å². The van der Waals surface area contributed by atoms with E-state index in [0.717, 1.165) is 4.47 Å². The van der Waals surface area contributed by atoms with Crippen molar-refractivity contribution in [1.29, 1.82) is 0 Å². The number of hydrogen-bond acceptors (Lipinski definition) is 3. The fourth-order valence-electron chi connectivity index (χ4n) is 0.983. The molecule has 1 aromatic heterocycles. The zero-order valence-corrected chi connectivity index (χ0v) is 9.42. The van der Waals surface area contributed by atoms with Crippen LogP contribution in [0.2, 0.25) is 5.02 Å². The van der Waals surface area contributed by atoms with Crippen molar-refractivity contribution in [3.05, 3.63) is 27.5 Å². The largest absolute Gasteiger partial charge is 0.481 e. The van der Waals surface area contributed by atoms with E-state index >= 15 is 0 Å². The van der Waals surface area contributed by atoms with Crippen LogP contribution in [0.5, 0.6) is 0 Å². The summed E-state index contributed by atoms with van der Waals surface area (Å²) in [5, 5.41) is 8.90. The number of aromatic nitrogens is 1. The molecule has 0 fully saturated rings. The molecule has 6 heteroatoms. The van der Waals surface area contributed by atoms with Gasteiger partial charge in [0.2, 0.25) is 0 Å². The Bertz CT molecular complexity index is 359. The highest BCUT2D eigenvalue weighted by Gasteiger charge is 2.15. The molecule has 1 rings (SSSR count). The summed E-state index contributed by atoms with van der Waals surface area (Å²) in [6.45, 7) is 0. The summed E-state index contributed by atoms with van der Waals surface area (Å²) in [4.78, 5) is 14.4. The molecule has 3 N–H and O–H groups in total. The molecule has 1 aromatic rings. The number of nitrogens with two attached hydrogens (primary N) is 1. The van der Waals surface area contributed by atoms with Crippen LogP contribution < -0.4 is 5.73 Å². The molecular formula is C8H8BrClN2O2. The highest BCUT2D eigenvalue weighted by Crippen LogP contribution is 2.24. The van der Waals surface area contributed by atoms with Gasteiger partial charge in [-0.3, -0.25) is 9.78 Å². The van der Waals surface area contributed by atoms with Crippen molar-refractivity contribution in [1.82, 2.24) is 4.98 Å². The zero-order chi connectivity index (χ0) is 10.7. The van der Waals surface area contributed by atoms with Crippen molar-refractivity contribution < 1.29 is 9.90 Å². The standard InChI is InChI=1S/C8H8BrClN2O2/c9-4-1-5(10)8(12-3-4)6(11)2-7(13)14/h1,3,6H,2,11H2,(H,13,14)/t6-/m0/s1. The van der Waals surface area contributed by atoms with Gasteiger partial charge in [-0.05, 0) is 22.0 Å². The normalized spacial score (nSPS) is 12.5. The van der Waals surface area contributed by atoms with Crippen molar-refractivity contribution >= 4 is 33.5 Å². The maximum absolute atomic E-state index is 10.4. The van der Waals surface area contributed by atoms with E-state index in [1.54, 1.807) is 6.07 Å². The van der Waals surface area contributed by atoms with Gasteiger partial charge in [-0.25, -0.2) is 0 Å². The lowest BCUT2D eigenvalue weighted by Gasteiger charge is -2.09. The van der Waals surface area contributed by atoms with E-state index in [2.05, 4.69) is 20.9 Å². The molecule has 0 unspecified atom stereocenters. The summed E-state index contributed by atoms with van der Waals surface area (Å²) in [6.07, 6.45) is 1.34. The zero-order valence-electron chi connectivity index (χ0n) is 7.08. The minimum Gasteiger partial charge on any atom is -0.481 e. The predicted octanol–water partition coefficient (Wildman–Crippen LogP) is 1.97. The number of carbonyl (C=O) groups is 1. The SMILES string of the molecule is N[C@@H](CC(=O)O)c1ncc(Br)cc1Cl. The molecule has 0 amide bonds. The number of carboxylic acid groups (broad SMARTS) is 1. The van der Waals surface area contributed by atoms with Crippen LogP contribution in [-0.4, -0.2) is 16.1 Å². The summed E-state index contributed by atoms with van der Waals surface area (Å²) in [6, 6.07) is 0.957. The lowest BCUT2D eigenvalue weighted by molar-refractivity contribution is -0.137. The molecule has 0 saturated heterocycles. The molecule has 76 valence electrons. The number of halogens is 2. The predicted molar refractivity (Wildman–Crippen MR) is 56.1 cm³/mol. The summed E-state index contributed by atoms with van der Waals surface area (Å²) in [5.41, 5.74) is 6.00. The molecule has 1 heterocycles. The Kier molecular flexibility index (Phi) is 3.86. The van der Waals surface area contributed by atoms with Gasteiger partial charge in [0, 0.05) is 10.7 Å². The fraction of sp³-hybridized carbons (Fsp3) is 0.250. The van der Waals surface area contributed by atoms with Crippen molar-refractivity contribution in [3.8, 4) is 0 Å². The number of hydrogen-bond donors (Lipinski definition) is 2. The number of aliphatic carboxylic acids is 1. The molecule has 0 radical (unpaired) electrons. The maximum Gasteiger partial charge on any atom is 0.305 e. The summed E-state index contributed by atoms with van der Waals surface area (Å²) in [7, 11) is 0. The monoisotopic (exact) mass is 278 g/mol. The Morgan fingerprint density at radius 3 is 2.93 bits per heavy atom. The van der Waals surface area contributed by atoms with Gasteiger partial charge in [-0.15, -0.1) is 0 Å². The van der Waals surface area contributed by atoms with Crippen LogP contribution in [0, 0.1) is 0 Å². The third-order valence-corrected chi connectivity index (χ3v) is 2.32. The number of carboxylic acids is 1. The summed E-state index contributed by atoms with van der Waals surface area (Å²) in [5.74, 6) is -0.974. The van der Waals surface area contributed by atoms with E-state index in [0.29, 0.717) is 10.7 Å². The number of rotatable bonds is 3. The first kappa shape index (κ1) is 11.4. The fourth-order valence-corrected chi connectivity index (χ4v) is 1.75. The first-order chi connectivity index (χ1) is 6.50. The molecule has 0 bridgehead atoms. The minimum absolute atomic E-state index is 0.186. The van der Waals surface area contributed by atoms with Gasteiger partial charge < -0.3 is 10.8 Å². The molecule has 14 heavy (non-hydrogen) atoms. The van der Waals surface area contributed by atoms with E-state index in [1.165, 1.54) is 6.20 Å². The van der Waals surface area contributed by atoms with Crippen LogP contribution in [0.4, 0.5) is 0 Å². The van der Waals surface area contributed by atoms with Gasteiger partial charge in [0.05, 0.1) is 23.2 Å². The Hall–Kier alpha value is -0.650. The third-order valence-electron chi connectivity index (χ3n) is 1.58. The van der Waals surface area contributed by atoms with E-state index in [9.17, 15) is 4.79 Å². The smallest absolute Gasteiger partial charge is 0.305 e. The van der Waals surface area contributed by atoms with Crippen molar-refractivity contribution in [2.45, 2.75) is 12.5 Å². The van der Waals surface area contributed by atoms with Crippen LogP contribution in [0.25, 0.3) is 0 Å². The Labute approximate surface area is 94.2 Å². The summed E-state index contributed by atoms with van der Waals surface area (Å²) >= 11 is 9.03. The van der Waals surface area contributed by atoms with Crippen LogP contribution in [0.15, 0.2) is 16.7 Å². The van der Waals surface area contributed by atoms with Gasteiger partial charge in [-0.1, -0.05) is 11.6 Å². The first-order valence-corrected chi connectivity index (χ1v) is 4.96. The van der Waals surface area contributed by atoms with Crippen molar-refractivity contribution in [2.75, 3.05) is 0 Å². The van der Waals surface area contributed by atoms with Gasteiger partial charge in [0.25, 0.3) is 0 Å². The minimum atomic E-state index is -0.974. The lowest BCUT2D eigenvalue weighted by atomic mass is 10.1. The first-order valence-electron chi connectivity index (χ1n) is 3.79. The van der Waals surface area contributed by atoms with Crippen LogP contribution >= 0.6 is 27.5 Å². The van der Waals surface area contributed by atoms with Gasteiger partial charge in [-0.2, -0.15) is 0 Å². The van der Waals surface area contributed by atoms with E-state index in [4.69, 9.17) is 22.4 Å². The molecule has 0 aliphatic rings. The Morgan fingerprint density at radius 2 is 2.43 bits per heavy atom. The second-order valence-electron chi connectivity index (χ2n) is 2.72. The Morgan fingerprint density at radius 1 is 1.79 bits per heavy atom. The number of pyridine rings is 1. The average Bonchev–Trinajstić information content (AvgIpc) is 2.01. The van der Waals surface area contributed by atoms with Crippen LogP contribution in [-0.2, 0) is 4.79 Å². The van der Waals surface area contributed by atoms with Crippen molar-refractivity contribution in [2.24, 2.45) is 5.73 Å². The molecule has 0 aromatic carbocycles.